The number of benzene rings is 1. The van der Waals surface area contributed by atoms with Gasteiger partial charge < -0.3 is 15.5 Å². The molecule has 21 heavy (non-hydrogen) atoms. The minimum atomic E-state index is -1.36. The van der Waals surface area contributed by atoms with Gasteiger partial charge in [0.15, 0.2) is 0 Å². The molecule has 114 valence electrons. The van der Waals surface area contributed by atoms with E-state index in [4.69, 9.17) is 21.8 Å². The first-order valence-electron chi connectivity index (χ1n) is 5.98. The maximum atomic E-state index is 13.5. The van der Waals surface area contributed by atoms with E-state index in [0.717, 1.165) is 6.07 Å². The number of carboxylic acids is 2. The summed E-state index contributed by atoms with van der Waals surface area (Å²) in [5, 5.41) is 19.6. The van der Waals surface area contributed by atoms with Crippen LogP contribution in [-0.2, 0) is 20.8 Å². The van der Waals surface area contributed by atoms with Gasteiger partial charge in [-0.15, -0.1) is 0 Å². The van der Waals surface area contributed by atoms with E-state index in [1.807, 2.05) is 0 Å². The molecule has 0 fully saturated rings. The predicted octanol–water partition coefficient (Wildman–Crippen LogP) is 1.46. The number of hydrogen-bond acceptors (Lipinski definition) is 3. The molecule has 0 aliphatic carbocycles. The standard InChI is InChI=1S/C13H13ClFNO5/c14-8-2-1-3-9(15)7(8)6-11(17)16-10(13(20)21)4-5-12(18)19/h1-3,10H,4-6H2,(H,16,17)(H,18,19)(H,20,21)/t10-/m0/s1. The Morgan fingerprint density at radius 2 is 1.95 bits per heavy atom. The fourth-order valence-corrected chi connectivity index (χ4v) is 1.86. The largest absolute Gasteiger partial charge is 0.481 e. The van der Waals surface area contributed by atoms with Crippen molar-refractivity contribution in [1.29, 1.82) is 0 Å². The van der Waals surface area contributed by atoms with Crippen molar-refractivity contribution in [2.75, 3.05) is 0 Å². The number of amides is 1. The van der Waals surface area contributed by atoms with Crippen LogP contribution in [0.2, 0.25) is 5.02 Å². The molecule has 0 aliphatic heterocycles. The normalized spacial score (nSPS) is 11.7. The number of rotatable bonds is 7. The van der Waals surface area contributed by atoms with Crippen molar-refractivity contribution >= 4 is 29.4 Å². The summed E-state index contributed by atoms with van der Waals surface area (Å²) >= 11 is 5.76. The molecule has 0 bridgehead atoms. The minimum absolute atomic E-state index is 0.0426. The summed E-state index contributed by atoms with van der Waals surface area (Å²) in [7, 11) is 0. The van der Waals surface area contributed by atoms with Crippen molar-refractivity contribution in [2.24, 2.45) is 0 Å². The van der Waals surface area contributed by atoms with E-state index in [1.165, 1.54) is 12.1 Å². The monoisotopic (exact) mass is 317 g/mol. The quantitative estimate of drug-likeness (QED) is 0.706. The number of hydrogen-bond donors (Lipinski definition) is 3. The van der Waals surface area contributed by atoms with Gasteiger partial charge in [-0.25, -0.2) is 9.18 Å². The Morgan fingerprint density at radius 1 is 1.29 bits per heavy atom. The molecule has 0 saturated carbocycles. The summed E-state index contributed by atoms with van der Waals surface area (Å²) in [4.78, 5) is 33.1. The minimum Gasteiger partial charge on any atom is -0.481 e. The number of aliphatic carboxylic acids is 2. The molecule has 1 amide bonds. The molecule has 1 rings (SSSR count). The molecular formula is C13H13ClFNO5. The van der Waals surface area contributed by atoms with Crippen molar-refractivity contribution < 1.29 is 29.0 Å². The second kappa shape index (κ2) is 7.58. The van der Waals surface area contributed by atoms with E-state index in [1.54, 1.807) is 0 Å². The first-order valence-corrected chi connectivity index (χ1v) is 6.36. The molecule has 0 heterocycles. The third-order valence-corrected chi connectivity index (χ3v) is 3.03. The van der Waals surface area contributed by atoms with Crippen LogP contribution in [0.4, 0.5) is 4.39 Å². The molecule has 6 nitrogen and oxygen atoms in total. The average Bonchev–Trinajstić information content (AvgIpc) is 2.38. The number of halogens is 2. The van der Waals surface area contributed by atoms with E-state index in [9.17, 15) is 18.8 Å². The van der Waals surface area contributed by atoms with Crippen molar-refractivity contribution in [3.63, 3.8) is 0 Å². The maximum Gasteiger partial charge on any atom is 0.326 e. The van der Waals surface area contributed by atoms with E-state index >= 15 is 0 Å². The van der Waals surface area contributed by atoms with Crippen LogP contribution in [0.25, 0.3) is 0 Å². The number of carboxylic acid groups (broad SMARTS) is 2. The molecule has 0 aromatic heterocycles. The van der Waals surface area contributed by atoms with Crippen LogP contribution in [0, 0.1) is 5.82 Å². The number of carbonyl (C=O) groups excluding carboxylic acids is 1. The molecule has 0 aliphatic rings. The lowest BCUT2D eigenvalue weighted by Gasteiger charge is -2.14. The van der Waals surface area contributed by atoms with Gasteiger partial charge in [0.25, 0.3) is 0 Å². The Morgan fingerprint density at radius 3 is 2.48 bits per heavy atom. The Labute approximate surface area is 124 Å². The van der Waals surface area contributed by atoms with Crippen LogP contribution in [-0.4, -0.2) is 34.1 Å². The average molecular weight is 318 g/mol. The molecule has 0 spiro atoms. The highest BCUT2D eigenvalue weighted by Gasteiger charge is 2.22. The van der Waals surface area contributed by atoms with Gasteiger partial charge in [0.2, 0.25) is 5.91 Å². The van der Waals surface area contributed by atoms with Gasteiger partial charge in [0.1, 0.15) is 11.9 Å². The molecule has 8 heteroatoms. The Balaban J connectivity index is 2.70. The van der Waals surface area contributed by atoms with E-state index in [0.29, 0.717) is 0 Å². The summed E-state index contributed by atoms with van der Waals surface area (Å²) < 4.78 is 13.5. The highest BCUT2D eigenvalue weighted by molar-refractivity contribution is 6.31. The Bertz CT molecular complexity index is 543. The summed E-state index contributed by atoms with van der Waals surface area (Å²) in [6.07, 6.45) is -1.10. The maximum absolute atomic E-state index is 13.5. The Hall–Kier alpha value is -2.15. The van der Waals surface area contributed by atoms with Gasteiger partial charge >= 0.3 is 11.9 Å². The van der Waals surface area contributed by atoms with Crippen LogP contribution in [0.3, 0.4) is 0 Å². The number of carbonyl (C=O) groups is 3. The second-order valence-corrected chi connectivity index (χ2v) is 4.67. The topological polar surface area (TPSA) is 104 Å². The first kappa shape index (κ1) is 16.9. The lowest BCUT2D eigenvalue weighted by atomic mass is 10.1. The second-order valence-electron chi connectivity index (χ2n) is 4.27. The summed E-state index contributed by atoms with van der Waals surface area (Å²) in [6.45, 7) is 0. The van der Waals surface area contributed by atoms with Gasteiger partial charge in [-0.3, -0.25) is 9.59 Å². The predicted molar refractivity (Wildman–Crippen MR) is 71.6 cm³/mol. The SMILES string of the molecule is O=C(O)CC[C@H](NC(=O)Cc1c(F)cccc1Cl)C(=O)O. The van der Waals surface area contributed by atoms with Crippen molar-refractivity contribution in [3.8, 4) is 0 Å². The lowest BCUT2D eigenvalue weighted by Crippen LogP contribution is -2.41. The molecule has 1 aromatic rings. The third kappa shape index (κ3) is 5.39. The van der Waals surface area contributed by atoms with Gasteiger partial charge in [-0.2, -0.15) is 0 Å². The molecule has 0 saturated heterocycles. The molecule has 1 aromatic carbocycles. The molecule has 0 unspecified atom stereocenters. The molecule has 0 radical (unpaired) electrons. The van der Waals surface area contributed by atoms with Crippen LogP contribution < -0.4 is 5.32 Å². The fourth-order valence-electron chi connectivity index (χ4n) is 1.63. The van der Waals surface area contributed by atoms with E-state index in [2.05, 4.69) is 5.32 Å². The first-order chi connectivity index (χ1) is 9.81. The van der Waals surface area contributed by atoms with Crippen molar-refractivity contribution in [3.05, 3.63) is 34.6 Å². The van der Waals surface area contributed by atoms with Crippen LogP contribution in [0.1, 0.15) is 18.4 Å². The molecule has 1 atom stereocenters. The van der Waals surface area contributed by atoms with Gasteiger partial charge in [-0.05, 0) is 18.6 Å². The van der Waals surface area contributed by atoms with Crippen LogP contribution in [0.15, 0.2) is 18.2 Å². The zero-order valence-corrected chi connectivity index (χ0v) is 11.6. The van der Waals surface area contributed by atoms with Gasteiger partial charge in [-0.1, -0.05) is 17.7 Å². The summed E-state index contributed by atoms with van der Waals surface area (Å²) in [5.74, 6) is -3.95. The summed E-state index contributed by atoms with van der Waals surface area (Å²) in [6, 6.07) is 2.57. The number of nitrogens with one attached hydrogen (secondary N) is 1. The van der Waals surface area contributed by atoms with Crippen molar-refractivity contribution in [2.45, 2.75) is 25.3 Å². The van der Waals surface area contributed by atoms with Gasteiger partial charge in [0, 0.05) is 17.0 Å². The third-order valence-electron chi connectivity index (χ3n) is 2.68. The lowest BCUT2D eigenvalue weighted by molar-refractivity contribution is -0.143. The molecular weight excluding hydrogens is 305 g/mol. The molecule has 3 N–H and O–H groups in total. The summed E-state index contributed by atoms with van der Waals surface area (Å²) in [5.41, 5.74) is -0.0426. The van der Waals surface area contributed by atoms with Crippen molar-refractivity contribution in [1.82, 2.24) is 5.32 Å². The zero-order valence-electron chi connectivity index (χ0n) is 10.8. The van der Waals surface area contributed by atoms with E-state index < -0.39 is 42.5 Å². The zero-order chi connectivity index (χ0) is 16.0. The van der Waals surface area contributed by atoms with Gasteiger partial charge in [0.05, 0.1) is 6.42 Å². The highest BCUT2D eigenvalue weighted by atomic mass is 35.5. The Kier molecular flexibility index (Phi) is 6.10. The smallest absolute Gasteiger partial charge is 0.326 e. The highest BCUT2D eigenvalue weighted by Crippen LogP contribution is 2.19. The van der Waals surface area contributed by atoms with Crippen LogP contribution >= 0.6 is 11.6 Å². The van der Waals surface area contributed by atoms with E-state index in [-0.39, 0.29) is 17.0 Å². The fraction of sp³-hybridized carbons (Fsp3) is 0.308. The van der Waals surface area contributed by atoms with Crippen LogP contribution in [0.5, 0.6) is 0 Å².